The maximum absolute atomic E-state index is 13.0. The number of allylic oxidation sites excluding steroid dienone is 3. The summed E-state index contributed by atoms with van der Waals surface area (Å²) in [6.45, 7) is 4.87. The van der Waals surface area contributed by atoms with E-state index in [-0.39, 0.29) is 19.1 Å². The molecule has 8 nitrogen and oxygen atoms in total. The van der Waals surface area contributed by atoms with Crippen molar-refractivity contribution in [1.82, 2.24) is 5.32 Å². The van der Waals surface area contributed by atoms with E-state index in [0.29, 0.717) is 17.4 Å². The zero-order valence-corrected chi connectivity index (χ0v) is 54.8. The number of phosphoric acid groups is 1. The van der Waals surface area contributed by atoms with Gasteiger partial charge in [-0.1, -0.05) is 340 Å². The number of aliphatic hydroxyl groups is 1. The van der Waals surface area contributed by atoms with Crippen molar-refractivity contribution in [2.24, 2.45) is 0 Å². The van der Waals surface area contributed by atoms with Gasteiger partial charge in [0.2, 0.25) is 5.91 Å². The number of aliphatic hydroxyl groups excluding tert-OH is 1. The Balaban J connectivity index is 3.91. The van der Waals surface area contributed by atoms with Crippen LogP contribution >= 0.6 is 7.82 Å². The Bertz CT molecular complexity index is 1340. The van der Waals surface area contributed by atoms with Gasteiger partial charge < -0.3 is 19.8 Å². The molecule has 0 aliphatic rings. The van der Waals surface area contributed by atoms with Crippen LogP contribution in [0.2, 0.25) is 0 Å². The highest BCUT2D eigenvalue weighted by Gasteiger charge is 2.28. The summed E-state index contributed by atoms with van der Waals surface area (Å²) in [4.78, 5) is 23.4. The predicted octanol–water partition coefficient (Wildman–Crippen LogP) is 22.3. The third-order valence-electron chi connectivity index (χ3n) is 16.4. The molecule has 1 amide bonds. The summed E-state index contributed by atoms with van der Waals surface area (Å²) in [5, 5.41) is 14.0. The van der Waals surface area contributed by atoms with Crippen LogP contribution in [-0.4, -0.2) is 73.4 Å². The van der Waals surface area contributed by atoms with Gasteiger partial charge in [-0.25, -0.2) is 4.57 Å². The van der Waals surface area contributed by atoms with Crippen molar-refractivity contribution in [3.63, 3.8) is 0 Å². The van der Waals surface area contributed by atoms with E-state index in [4.69, 9.17) is 9.05 Å². The van der Waals surface area contributed by atoms with Gasteiger partial charge in [-0.15, -0.1) is 0 Å². The number of carbonyl (C=O) groups is 1. The van der Waals surface area contributed by atoms with Crippen molar-refractivity contribution >= 4 is 13.7 Å². The summed E-state index contributed by atoms with van der Waals surface area (Å²) in [6.07, 6.45) is 80.5. The summed E-state index contributed by atoms with van der Waals surface area (Å²) < 4.78 is 23.8. The fourth-order valence-electron chi connectivity index (χ4n) is 10.9. The molecule has 3 atom stereocenters. The van der Waals surface area contributed by atoms with E-state index in [2.05, 4.69) is 31.3 Å². The molecule has 0 radical (unpaired) electrons. The first-order chi connectivity index (χ1) is 38.5. The smallest absolute Gasteiger partial charge is 0.387 e. The third-order valence-corrected chi connectivity index (χ3v) is 17.4. The van der Waals surface area contributed by atoms with Gasteiger partial charge in [-0.3, -0.25) is 13.8 Å². The number of nitrogens with one attached hydrogen (secondary N) is 1. The monoisotopic (exact) mass is 1140 g/mol. The number of amides is 1. The van der Waals surface area contributed by atoms with Crippen molar-refractivity contribution in [2.75, 3.05) is 40.9 Å². The Labute approximate surface area is 494 Å². The van der Waals surface area contributed by atoms with Crippen molar-refractivity contribution in [3.8, 4) is 0 Å². The van der Waals surface area contributed by atoms with Crippen LogP contribution in [-0.2, 0) is 18.4 Å². The highest BCUT2D eigenvalue weighted by atomic mass is 31.2. The number of likely N-dealkylation sites (N-methyl/N-ethyl adjacent to an activating group) is 1. The topological polar surface area (TPSA) is 105 Å². The fraction of sp³-hybridized carbons (Fsp3) is 0.929. The van der Waals surface area contributed by atoms with Crippen LogP contribution in [0.1, 0.15) is 367 Å². The second-order valence-corrected chi connectivity index (χ2v) is 27.1. The normalized spacial score (nSPS) is 13.8. The number of unbranched alkanes of at least 4 members (excludes halogenated alkanes) is 51. The molecule has 0 spiro atoms. The first-order valence-electron chi connectivity index (χ1n) is 35.2. The molecule has 3 N–H and O–H groups in total. The molecule has 0 aliphatic carbocycles. The molecular weight excluding hydrogens is 996 g/mol. The molecule has 0 saturated heterocycles. The van der Waals surface area contributed by atoms with Gasteiger partial charge >= 0.3 is 7.82 Å². The van der Waals surface area contributed by atoms with Gasteiger partial charge in [-0.05, 0) is 44.9 Å². The number of nitrogens with zero attached hydrogens (tertiary/aromatic N) is 1. The minimum Gasteiger partial charge on any atom is -0.387 e. The van der Waals surface area contributed by atoms with Gasteiger partial charge in [-0.2, -0.15) is 0 Å². The first-order valence-corrected chi connectivity index (χ1v) is 36.7. The molecule has 0 rings (SSSR count). The molecule has 3 unspecified atom stereocenters. The van der Waals surface area contributed by atoms with Crippen LogP contribution in [0.4, 0.5) is 0 Å². The van der Waals surface area contributed by atoms with E-state index < -0.39 is 20.0 Å². The van der Waals surface area contributed by atoms with Crippen molar-refractivity contribution in [2.45, 2.75) is 379 Å². The summed E-state index contributed by atoms with van der Waals surface area (Å²) in [7, 11) is 1.59. The van der Waals surface area contributed by atoms with E-state index in [1.54, 1.807) is 6.08 Å². The first kappa shape index (κ1) is 78.0. The Morgan fingerprint density at radius 3 is 0.975 bits per heavy atom. The predicted molar refractivity (Wildman–Crippen MR) is 346 cm³/mol. The van der Waals surface area contributed by atoms with Crippen molar-refractivity contribution < 1.29 is 32.9 Å². The average molecular weight is 1140 g/mol. The van der Waals surface area contributed by atoms with Gasteiger partial charge in [0.15, 0.2) is 0 Å². The SMILES string of the molecule is CCCCCCCCCCCCCCCCCC/C=C/C(O)C(COP(=O)(O)OCC[N+](C)(C)C)NC(=O)CCCCCCCCCCCCCCCCCCC/C=C\CCCCCCCCCCCCCCCCCCCC. The lowest BCUT2D eigenvalue weighted by molar-refractivity contribution is -0.870. The summed E-state index contributed by atoms with van der Waals surface area (Å²) in [5.41, 5.74) is 0. The Hall–Kier alpha value is -1.02. The van der Waals surface area contributed by atoms with Crippen LogP contribution in [0, 0.1) is 0 Å². The van der Waals surface area contributed by atoms with E-state index in [1.165, 1.54) is 315 Å². The quantitative estimate of drug-likeness (QED) is 0.0243. The van der Waals surface area contributed by atoms with E-state index in [0.717, 1.165) is 32.1 Å². The van der Waals surface area contributed by atoms with Crippen LogP contribution in [0.25, 0.3) is 0 Å². The minimum absolute atomic E-state index is 0.0641. The van der Waals surface area contributed by atoms with Crippen molar-refractivity contribution in [1.29, 1.82) is 0 Å². The molecular formula is C70H140N2O6P+. The number of carbonyl (C=O) groups excluding carboxylic acids is 1. The minimum atomic E-state index is -4.35. The molecule has 0 aromatic carbocycles. The maximum atomic E-state index is 13.0. The molecule has 470 valence electrons. The second kappa shape index (κ2) is 61.5. The summed E-state index contributed by atoms with van der Waals surface area (Å²) in [6, 6.07) is -0.845. The van der Waals surface area contributed by atoms with Gasteiger partial charge in [0.05, 0.1) is 39.9 Å². The van der Waals surface area contributed by atoms with Crippen LogP contribution in [0.3, 0.4) is 0 Å². The Morgan fingerprint density at radius 2 is 0.684 bits per heavy atom. The Morgan fingerprint density at radius 1 is 0.418 bits per heavy atom. The summed E-state index contributed by atoms with van der Waals surface area (Å²) in [5.74, 6) is -0.170. The third kappa shape index (κ3) is 64.4. The summed E-state index contributed by atoms with van der Waals surface area (Å²) >= 11 is 0. The number of hydrogen-bond acceptors (Lipinski definition) is 5. The molecule has 0 aliphatic heterocycles. The lowest BCUT2D eigenvalue weighted by Crippen LogP contribution is -2.45. The number of hydrogen-bond donors (Lipinski definition) is 3. The van der Waals surface area contributed by atoms with Crippen LogP contribution in [0.15, 0.2) is 24.3 Å². The lowest BCUT2D eigenvalue weighted by Gasteiger charge is -2.25. The largest absolute Gasteiger partial charge is 0.472 e. The molecule has 0 heterocycles. The van der Waals surface area contributed by atoms with E-state index in [9.17, 15) is 19.4 Å². The van der Waals surface area contributed by atoms with Crippen LogP contribution < -0.4 is 5.32 Å². The van der Waals surface area contributed by atoms with Gasteiger partial charge in [0, 0.05) is 6.42 Å². The Kier molecular flexibility index (Phi) is 60.7. The molecule has 0 aromatic rings. The number of quaternary nitrogens is 1. The lowest BCUT2D eigenvalue weighted by atomic mass is 10.0. The second-order valence-electron chi connectivity index (χ2n) is 25.6. The zero-order chi connectivity index (χ0) is 57.7. The number of rotatable bonds is 66. The standard InChI is InChI=1S/C70H139N2O6P/c1-6-8-10-12-14-16-18-20-22-24-26-27-28-29-30-31-32-33-34-35-36-37-38-39-40-41-42-43-44-45-46-48-50-52-54-56-58-60-62-64-70(74)71-68(67-78-79(75,76)77-66-65-72(3,4)5)69(73)63-61-59-57-55-53-51-49-47-25-23-21-19-17-15-13-11-9-7-2/h35-36,61,63,68-69,73H,6-34,37-60,62,64-67H2,1-5H3,(H-,71,74,75,76)/p+1/b36-35-,63-61+. The zero-order valence-electron chi connectivity index (χ0n) is 53.9. The van der Waals surface area contributed by atoms with Crippen molar-refractivity contribution in [3.05, 3.63) is 24.3 Å². The molecule has 0 fully saturated rings. The maximum Gasteiger partial charge on any atom is 0.472 e. The van der Waals surface area contributed by atoms with E-state index in [1.807, 2.05) is 27.2 Å². The molecule has 0 saturated carbocycles. The molecule has 0 bridgehead atoms. The fourth-order valence-corrected chi connectivity index (χ4v) is 11.7. The number of phosphoric ester groups is 1. The van der Waals surface area contributed by atoms with E-state index >= 15 is 0 Å². The molecule has 0 aromatic heterocycles. The highest BCUT2D eigenvalue weighted by molar-refractivity contribution is 7.47. The van der Waals surface area contributed by atoms with Gasteiger partial charge in [0.25, 0.3) is 0 Å². The highest BCUT2D eigenvalue weighted by Crippen LogP contribution is 2.43. The van der Waals surface area contributed by atoms with Gasteiger partial charge in [0.1, 0.15) is 13.2 Å². The molecule has 79 heavy (non-hydrogen) atoms. The molecule has 9 heteroatoms. The van der Waals surface area contributed by atoms with Crippen LogP contribution in [0.5, 0.6) is 0 Å². The average Bonchev–Trinajstić information content (AvgIpc) is 3.42.